The number of methoxy groups -OCH3 is 1. The summed E-state index contributed by atoms with van der Waals surface area (Å²) in [5.41, 5.74) is 0. The van der Waals surface area contributed by atoms with E-state index < -0.39 is 0 Å². The highest BCUT2D eigenvalue weighted by molar-refractivity contribution is 6.05. The van der Waals surface area contributed by atoms with Crippen LogP contribution in [0.15, 0.2) is 0 Å². The van der Waals surface area contributed by atoms with Gasteiger partial charge in [0.15, 0.2) is 0 Å². The molecule has 0 aromatic carbocycles. The maximum absolute atomic E-state index is 12.0. The molecule has 1 heterocycles. The zero-order valence-corrected chi connectivity index (χ0v) is 10.9. The Balaban J connectivity index is 2.44. The SMILES string of the molecule is CCC(C)N1C(=O)CC(NCCCOC)C1=O. The van der Waals surface area contributed by atoms with Gasteiger partial charge in [-0.05, 0) is 26.3 Å². The van der Waals surface area contributed by atoms with Gasteiger partial charge in [0.05, 0.1) is 12.5 Å². The van der Waals surface area contributed by atoms with Gasteiger partial charge in [0.2, 0.25) is 11.8 Å². The van der Waals surface area contributed by atoms with E-state index in [1.807, 2.05) is 13.8 Å². The molecule has 0 bridgehead atoms. The number of ether oxygens (including phenoxy) is 1. The molecule has 2 unspecified atom stereocenters. The van der Waals surface area contributed by atoms with Crippen molar-refractivity contribution in [2.45, 2.75) is 45.2 Å². The number of hydrogen-bond donors (Lipinski definition) is 1. The normalized spacial score (nSPS) is 22.3. The predicted octanol–water partition coefficient (Wildman–Crippen LogP) is 0.539. The Labute approximate surface area is 102 Å². The molecule has 5 nitrogen and oxygen atoms in total. The minimum absolute atomic E-state index is 0.000718. The summed E-state index contributed by atoms with van der Waals surface area (Å²) in [6, 6.07) is -0.339. The summed E-state index contributed by atoms with van der Waals surface area (Å²) in [5, 5.41) is 3.11. The summed E-state index contributed by atoms with van der Waals surface area (Å²) < 4.78 is 4.93. The molecule has 1 aliphatic rings. The Hall–Kier alpha value is -0.940. The molecule has 0 aliphatic carbocycles. The highest BCUT2D eigenvalue weighted by Crippen LogP contribution is 2.17. The Morgan fingerprint density at radius 1 is 1.53 bits per heavy atom. The molecule has 1 fully saturated rings. The average molecular weight is 242 g/mol. The van der Waals surface area contributed by atoms with Crippen LogP contribution in [-0.2, 0) is 14.3 Å². The first-order valence-electron chi connectivity index (χ1n) is 6.20. The molecule has 0 saturated carbocycles. The third kappa shape index (κ3) is 3.51. The molecule has 1 N–H and O–H groups in total. The fraction of sp³-hybridized carbons (Fsp3) is 0.833. The molecular formula is C12H22N2O3. The molecule has 2 atom stereocenters. The van der Waals surface area contributed by atoms with Crippen molar-refractivity contribution in [3.8, 4) is 0 Å². The fourth-order valence-corrected chi connectivity index (χ4v) is 1.95. The smallest absolute Gasteiger partial charge is 0.247 e. The Morgan fingerprint density at radius 2 is 2.24 bits per heavy atom. The average Bonchev–Trinajstić information content (AvgIpc) is 2.59. The Morgan fingerprint density at radius 3 is 2.82 bits per heavy atom. The van der Waals surface area contributed by atoms with Gasteiger partial charge in [-0.1, -0.05) is 6.92 Å². The maximum Gasteiger partial charge on any atom is 0.247 e. The molecule has 1 aliphatic heterocycles. The highest BCUT2D eigenvalue weighted by atomic mass is 16.5. The molecule has 2 amide bonds. The van der Waals surface area contributed by atoms with E-state index in [2.05, 4.69) is 5.32 Å². The highest BCUT2D eigenvalue weighted by Gasteiger charge is 2.39. The molecule has 17 heavy (non-hydrogen) atoms. The van der Waals surface area contributed by atoms with Crippen LogP contribution in [0.1, 0.15) is 33.1 Å². The van der Waals surface area contributed by atoms with Crippen LogP contribution < -0.4 is 5.32 Å². The fourth-order valence-electron chi connectivity index (χ4n) is 1.95. The lowest BCUT2D eigenvalue weighted by Gasteiger charge is -2.21. The Bertz CT molecular complexity index is 281. The molecule has 0 radical (unpaired) electrons. The quantitative estimate of drug-likeness (QED) is 0.523. The third-order valence-electron chi connectivity index (χ3n) is 3.13. The summed E-state index contributed by atoms with van der Waals surface area (Å²) in [5.74, 6) is -0.143. The van der Waals surface area contributed by atoms with Gasteiger partial charge in [0.1, 0.15) is 0 Å². The van der Waals surface area contributed by atoms with Crippen LogP contribution in [-0.4, -0.2) is 49.1 Å². The predicted molar refractivity (Wildman–Crippen MR) is 64.5 cm³/mol. The largest absolute Gasteiger partial charge is 0.385 e. The zero-order valence-electron chi connectivity index (χ0n) is 10.9. The van der Waals surface area contributed by atoms with E-state index >= 15 is 0 Å². The second kappa shape index (κ2) is 6.71. The molecule has 98 valence electrons. The van der Waals surface area contributed by atoms with Gasteiger partial charge < -0.3 is 10.1 Å². The van der Waals surface area contributed by atoms with Crippen molar-refractivity contribution in [1.82, 2.24) is 10.2 Å². The third-order valence-corrected chi connectivity index (χ3v) is 3.13. The van der Waals surface area contributed by atoms with Crippen LogP contribution in [0.5, 0.6) is 0 Å². The van der Waals surface area contributed by atoms with E-state index in [1.54, 1.807) is 7.11 Å². The van der Waals surface area contributed by atoms with Crippen LogP contribution in [0.3, 0.4) is 0 Å². The van der Waals surface area contributed by atoms with Crippen LogP contribution in [0.4, 0.5) is 0 Å². The summed E-state index contributed by atoms with van der Waals surface area (Å²) in [6.45, 7) is 5.25. The van der Waals surface area contributed by atoms with Gasteiger partial charge >= 0.3 is 0 Å². The zero-order chi connectivity index (χ0) is 12.8. The van der Waals surface area contributed by atoms with Gasteiger partial charge in [0.25, 0.3) is 0 Å². The van der Waals surface area contributed by atoms with Gasteiger partial charge in [-0.15, -0.1) is 0 Å². The van der Waals surface area contributed by atoms with Crippen molar-refractivity contribution in [3.63, 3.8) is 0 Å². The van der Waals surface area contributed by atoms with Crippen molar-refractivity contribution in [2.75, 3.05) is 20.3 Å². The van der Waals surface area contributed by atoms with Crippen molar-refractivity contribution < 1.29 is 14.3 Å². The molecule has 1 rings (SSSR count). The second-order valence-corrected chi connectivity index (χ2v) is 4.42. The van der Waals surface area contributed by atoms with E-state index in [0.717, 1.165) is 12.8 Å². The van der Waals surface area contributed by atoms with Gasteiger partial charge in [-0.25, -0.2) is 0 Å². The van der Waals surface area contributed by atoms with E-state index in [9.17, 15) is 9.59 Å². The lowest BCUT2D eigenvalue weighted by molar-refractivity contribution is -0.141. The van der Waals surface area contributed by atoms with Crippen LogP contribution >= 0.6 is 0 Å². The van der Waals surface area contributed by atoms with Crippen LogP contribution in [0, 0.1) is 0 Å². The number of nitrogens with one attached hydrogen (secondary N) is 1. The summed E-state index contributed by atoms with van der Waals surface area (Å²) >= 11 is 0. The number of nitrogens with zero attached hydrogens (tertiary/aromatic N) is 1. The molecular weight excluding hydrogens is 220 g/mol. The topological polar surface area (TPSA) is 58.6 Å². The lowest BCUT2D eigenvalue weighted by Crippen LogP contribution is -2.43. The van der Waals surface area contributed by atoms with E-state index in [0.29, 0.717) is 13.2 Å². The first-order chi connectivity index (χ1) is 8.11. The molecule has 0 aromatic heterocycles. The first kappa shape index (κ1) is 14.1. The van der Waals surface area contributed by atoms with Crippen LogP contribution in [0.2, 0.25) is 0 Å². The molecule has 5 heteroatoms. The second-order valence-electron chi connectivity index (χ2n) is 4.42. The minimum atomic E-state index is -0.339. The standard InChI is InChI=1S/C12H22N2O3/c1-4-9(2)14-11(15)8-10(12(14)16)13-6-5-7-17-3/h9-10,13H,4-8H2,1-3H3. The van der Waals surface area contributed by atoms with Gasteiger partial charge in [0, 0.05) is 19.8 Å². The molecule has 0 spiro atoms. The molecule has 0 aromatic rings. The van der Waals surface area contributed by atoms with E-state index in [4.69, 9.17) is 4.74 Å². The van der Waals surface area contributed by atoms with Crippen molar-refractivity contribution in [3.05, 3.63) is 0 Å². The summed E-state index contributed by atoms with van der Waals surface area (Å²) in [7, 11) is 1.65. The van der Waals surface area contributed by atoms with Crippen molar-refractivity contribution in [2.24, 2.45) is 0 Å². The monoisotopic (exact) mass is 242 g/mol. The van der Waals surface area contributed by atoms with Gasteiger partial charge in [-0.2, -0.15) is 0 Å². The van der Waals surface area contributed by atoms with E-state index in [-0.39, 0.29) is 30.3 Å². The first-order valence-corrected chi connectivity index (χ1v) is 6.20. The van der Waals surface area contributed by atoms with Gasteiger partial charge in [-0.3, -0.25) is 14.5 Å². The number of carbonyl (C=O) groups is 2. The number of carbonyl (C=O) groups excluding carboxylic acids is 2. The van der Waals surface area contributed by atoms with E-state index in [1.165, 1.54) is 4.90 Å². The minimum Gasteiger partial charge on any atom is -0.385 e. The summed E-state index contributed by atoms with van der Waals surface area (Å²) in [4.78, 5) is 25.1. The maximum atomic E-state index is 12.0. The number of hydrogen-bond acceptors (Lipinski definition) is 4. The number of amides is 2. The van der Waals surface area contributed by atoms with Crippen molar-refractivity contribution >= 4 is 11.8 Å². The van der Waals surface area contributed by atoms with Crippen molar-refractivity contribution in [1.29, 1.82) is 0 Å². The number of likely N-dealkylation sites (tertiary alicyclic amines) is 1. The Kier molecular flexibility index (Phi) is 5.58. The number of imide groups is 1. The van der Waals surface area contributed by atoms with Crippen LogP contribution in [0.25, 0.3) is 0 Å². The lowest BCUT2D eigenvalue weighted by atomic mass is 10.2. The summed E-state index contributed by atoms with van der Waals surface area (Å²) in [6.07, 6.45) is 1.93. The molecule has 1 saturated heterocycles. The number of rotatable bonds is 7.